The van der Waals surface area contributed by atoms with Crippen LogP contribution in [0, 0.1) is 0 Å². The summed E-state index contributed by atoms with van der Waals surface area (Å²) in [5, 5.41) is 5.27. The van der Waals surface area contributed by atoms with Crippen LogP contribution in [0.15, 0.2) is 30.5 Å². The minimum absolute atomic E-state index is 0.0911. The van der Waals surface area contributed by atoms with E-state index in [1.54, 1.807) is 0 Å². The van der Waals surface area contributed by atoms with Crippen LogP contribution in [0.2, 0.25) is 0 Å². The number of anilines is 1. The van der Waals surface area contributed by atoms with Crippen molar-refractivity contribution in [1.29, 1.82) is 0 Å². The van der Waals surface area contributed by atoms with Crippen LogP contribution in [0.4, 0.5) is 5.82 Å². The van der Waals surface area contributed by atoms with Crippen molar-refractivity contribution in [3.8, 4) is 0 Å². The maximum absolute atomic E-state index is 13.0. The molecule has 0 amide bonds. The Balaban J connectivity index is 1.88. The van der Waals surface area contributed by atoms with Crippen molar-refractivity contribution in [3.05, 3.63) is 47.3 Å². The Morgan fingerprint density at radius 2 is 2.05 bits per heavy atom. The summed E-state index contributed by atoms with van der Waals surface area (Å²) in [6, 6.07) is 7.76. The summed E-state index contributed by atoms with van der Waals surface area (Å²) >= 11 is 0. The number of carbonyl (C=O) groups is 1. The molecule has 0 saturated heterocycles. The number of hydrogen-bond donors (Lipinski definition) is 1. The van der Waals surface area contributed by atoms with Crippen LogP contribution in [0.5, 0.6) is 0 Å². The standard InChI is InChI=1S/C17H18N4O/c1-20-10-9-11-12(6-4-8-14(11)20)17(22)21-15-7-3-2-5-13(15)16(18)19-21/h4,6,8-10H,2-3,5,7H2,1H3,(H2,18,19). The third kappa shape index (κ3) is 1.78. The van der Waals surface area contributed by atoms with E-state index in [0.29, 0.717) is 11.4 Å². The van der Waals surface area contributed by atoms with E-state index >= 15 is 0 Å². The fraction of sp³-hybridized carbons (Fsp3) is 0.294. The normalized spacial score (nSPS) is 14.2. The van der Waals surface area contributed by atoms with Crippen LogP contribution < -0.4 is 5.73 Å². The highest BCUT2D eigenvalue weighted by Crippen LogP contribution is 2.28. The average molecular weight is 294 g/mol. The SMILES string of the molecule is Cn1ccc2c(C(=O)n3nc(N)c4c3CCCC4)cccc21. The van der Waals surface area contributed by atoms with Crippen LogP contribution in [0.3, 0.4) is 0 Å². The third-order valence-corrected chi connectivity index (χ3v) is 4.56. The molecule has 1 aromatic carbocycles. The molecule has 3 aromatic rings. The summed E-state index contributed by atoms with van der Waals surface area (Å²) in [6.07, 6.45) is 5.96. The highest BCUT2D eigenvalue weighted by Gasteiger charge is 2.24. The molecular weight excluding hydrogens is 276 g/mol. The number of hydrogen-bond acceptors (Lipinski definition) is 3. The average Bonchev–Trinajstić information content (AvgIpc) is 3.08. The largest absolute Gasteiger partial charge is 0.382 e. The molecule has 0 fully saturated rings. The molecule has 0 unspecified atom stereocenters. The van der Waals surface area contributed by atoms with Gasteiger partial charge < -0.3 is 10.3 Å². The van der Waals surface area contributed by atoms with Gasteiger partial charge in [0.05, 0.1) is 11.3 Å². The van der Waals surface area contributed by atoms with Gasteiger partial charge in [-0.05, 0) is 43.9 Å². The van der Waals surface area contributed by atoms with Gasteiger partial charge in [-0.25, -0.2) is 0 Å². The topological polar surface area (TPSA) is 65.8 Å². The van der Waals surface area contributed by atoms with Gasteiger partial charge in [0.15, 0.2) is 0 Å². The lowest BCUT2D eigenvalue weighted by molar-refractivity contribution is 0.0943. The van der Waals surface area contributed by atoms with Gasteiger partial charge in [0, 0.05) is 29.7 Å². The maximum Gasteiger partial charge on any atom is 0.279 e. The smallest absolute Gasteiger partial charge is 0.279 e. The molecule has 0 spiro atoms. The van der Waals surface area contributed by atoms with Gasteiger partial charge >= 0.3 is 0 Å². The second-order valence-corrected chi connectivity index (χ2v) is 5.90. The highest BCUT2D eigenvalue weighted by atomic mass is 16.2. The minimum Gasteiger partial charge on any atom is -0.382 e. The molecule has 4 rings (SSSR count). The fourth-order valence-electron chi connectivity index (χ4n) is 3.40. The third-order valence-electron chi connectivity index (χ3n) is 4.56. The summed E-state index contributed by atoms with van der Waals surface area (Å²) in [7, 11) is 1.98. The van der Waals surface area contributed by atoms with Crippen LogP contribution in [-0.2, 0) is 19.9 Å². The lowest BCUT2D eigenvalue weighted by atomic mass is 9.97. The van der Waals surface area contributed by atoms with E-state index in [9.17, 15) is 4.79 Å². The molecule has 5 nitrogen and oxygen atoms in total. The van der Waals surface area contributed by atoms with Crippen molar-refractivity contribution in [2.24, 2.45) is 7.05 Å². The van der Waals surface area contributed by atoms with Crippen LogP contribution >= 0.6 is 0 Å². The summed E-state index contributed by atoms with van der Waals surface area (Å²) in [5.41, 5.74) is 9.77. The van der Waals surface area contributed by atoms with Crippen molar-refractivity contribution < 1.29 is 4.79 Å². The molecule has 5 heteroatoms. The van der Waals surface area contributed by atoms with Crippen molar-refractivity contribution in [3.63, 3.8) is 0 Å². The molecule has 1 aliphatic carbocycles. The zero-order valence-electron chi connectivity index (χ0n) is 12.5. The van der Waals surface area contributed by atoms with E-state index in [1.165, 1.54) is 4.68 Å². The molecule has 22 heavy (non-hydrogen) atoms. The van der Waals surface area contributed by atoms with Gasteiger partial charge in [0.2, 0.25) is 0 Å². The van der Waals surface area contributed by atoms with Crippen molar-refractivity contribution >= 4 is 22.6 Å². The number of aryl methyl sites for hydroxylation is 1. The van der Waals surface area contributed by atoms with Crippen LogP contribution in [-0.4, -0.2) is 20.3 Å². The van der Waals surface area contributed by atoms with Crippen molar-refractivity contribution in [2.75, 3.05) is 5.73 Å². The second kappa shape index (κ2) is 4.73. The molecule has 2 N–H and O–H groups in total. The van der Waals surface area contributed by atoms with Crippen LogP contribution in [0.1, 0.15) is 34.5 Å². The molecule has 112 valence electrons. The highest BCUT2D eigenvalue weighted by molar-refractivity contribution is 6.07. The first kappa shape index (κ1) is 13.1. The number of nitrogens with zero attached hydrogens (tertiary/aromatic N) is 3. The fourth-order valence-corrected chi connectivity index (χ4v) is 3.40. The van der Waals surface area contributed by atoms with E-state index in [4.69, 9.17) is 5.73 Å². The van der Waals surface area contributed by atoms with E-state index in [0.717, 1.165) is 47.8 Å². The lowest BCUT2D eigenvalue weighted by Gasteiger charge is -2.13. The predicted molar refractivity (Wildman–Crippen MR) is 85.9 cm³/mol. The van der Waals surface area contributed by atoms with Gasteiger partial charge in [-0.2, -0.15) is 4.68 Å². The summed E-state index contributed by atoms with van der Waals surface area (Å²) in [5.74, 6) is 0.412. The summed E-state index contributed by atoms with van der Waals surface area (Å²) in [6.45, 7) is 0. The van der Waals surface area contributed by atoms with Gasteiger partial charge in [-0.1, -0.05) is 6.07 Å². The quantitative estimate of drug-likeness (QED) is 0.750. The predicted octanol–water partition coefficient (Wildman–Crippen LogP) is 2.52. The molecule has 0 saturated carbocycles. The molecule has 2 heterocycles. The number of rotatable bonds is 1. The van der Waals surface area contributed by atoms with Gasteiger partial charge in [-0.3, -0.25) is 4.79 Å². The number of nitrogen functional groups attached to an aromatic ring is 1. The number of carbonyl (C=O) groups excluding carboxylic acids is 1. The van der Waals surface area contributed by atoms with E-state index < -0.39 is 0 Å². The zero-order valence-corrected chi connectivity index (χ0v) is 12.5. The van der Waals surface area contributed by atoms with Crippen molar-refractivity contribution in [2.45, 2.75) is 25.7 Å². The first-order valence-corrected chi connectivity index (χ1v) is 7.62. The number of nitrogens with two attached hydrogens (primary N) is 1. The Kier molecular flexibility index (Phi) is 2.82. The molecular formula is C17H18N4O. The van der Waals surface area contributed by atoms with Crippen LogP contribution in [0.25, 0.3) is 10.9 Å². The van der Waals surface area contributed by atoms with Gasteiger partial charge in [-0.15, -0.1) is 5.10 Å². The number of fused-ring (bicyclic) bond motifs is 2. The van der Waals surface area contributed by atoms with Gasteiger partial charge in [0.25, 0.3) is 5.91 Å². The molecule has 0 aliphatic heterocycles. The molecule has 1 aliphatic rings. The van der Waals surface area contributed by atoms with Gasteiger partial charge in [0.1, 0.15) is 5.82 Å². The molecule has 0 radical (unpaired) electrons. The van der Waals surface area contributed by atoms with Crippen molar-refractivity contribution in [1.82, 2.24) is 14.3 Å². The van der Waals surface area contributed by atoms with E-state index in [2.05, 4.69) is 5.10 Å². The Morgan fingerprint density at radius 1 is 1.23 bits per heavy atom. The Morgan fingerprint density at radius 3 is 2.91 bits per heavy atom. The van der Waals surface area contributed by atoms with E-state index in [1.807, 2.05) is 42.1 Å². The van der Waals surface area contributed by atoms with E-state index in [-0.39, 0.29) is 5.91 Å². The first-order valence-electron chi connectivity index (χ1n) is 7.62. The molecule has 0 atom stereocenters. The second-order valence-electron chi connectivity index (χ2n) is 5.90. The minimum atomic E-state index is -0.0911. The Bertz CT molecular complexity index is 888. The maximum atomic E-state index is 13.0. The molecule has 0 bridgehead atoms. The monoisotopic (exact) mass is 294 g/mol. The molecule has 2 aromatic heterocycles. The Labute approximate surface area is 128 Å². The summed E-state index contributed by atoms with van der Waals surface area (Å²) < 4.78 is 3.53. The lowest BCUT2D eigenvalue weighted by Crippen LogP contribution is -2.18. The zero-order chi connectivity index (χ0) is 15.3. The Hall–Kier alpha value is -2.56. The number of aromatic nitrogens is 3. The first-order chi connectivity index (χ1) is 10.7. The number of benzene rings is 1. The summed E-state index contributed by atoms with van der Waals surface area (Å²) in [4.78, 5) is 13.0.